The summed E-state index contributed by atoms with van der Waals surface area (Å²) in [7, 11) is 5.00. The molecule has 0 spiro atoms. The maximum absolute atomic E-state index is 12.2. The highest BCUT2D eigenvalue weighted by atomic mass is 16.5. The zero-order chi connectivity index (χ0) is 17.4. The fourth-order valence-corrected chi connectivity index (χ4v) is 2.46. The van der Waals surface area contributed by atoms with E-state index in [0.29, 0.717) is 50.2 Å². The monoisotopic (exact) mass is 338 g/mol. The van der Waals surface area contributed by atoms with Gasteiger partial charge in [-0.15, -0.1) is 0 Å². The molecule has 1 aromatic carbocycles. The summed E-state index contributed by atoms with van der Waals surface area (Å²) in [5.41, 5.74) is 0. The first-order chi connectivity index (χ1) is 11.6. The van der Waals surface area contributed by atoms with Crippen molar-refractivity contribution in [1.82, 2.24) is 10.2 Å². The number of rotatable bonds is 8. The molecule has 1 amide bonds. The molecule has 7 heteroatoms. The van der Waals surface area contributed by atoms with Crippen LogP contribution < -0.4 is 19.5 Å². The first kappa shape index (κ1) is 18.4. The van der Waals surface area contributed by atoms with Crippen LogP contribution in [-0.2, 0) is 9.53 Å². The van der Waals surface area contributed by atoms with Crippen LogP contribution in [0.4, 0.5) is 0 Å². The molecule has 24 heavy (non-hydrogen) atoms. The molecule has 1 unspecified atom stereocenters. The van der Waals surface area contributed by atoms with Crippen LogP contribution in [0.2, 0.25) is 0 Å². The van der Waals surface area contributed by atoms with Crippen LogP contribution in [0, 0.1) is 0 Å². The smallest absolute Gasteiger partial charge is 0.241 e. The van der Waals surface area contributed by atoms with Gasteiger partial charge in [-0.1, -0.05) is 0 Å². The summed E-state index contributed by atoms with van der Waals surface area (Å²) in [6.07, 6.45) is 0.731. The molecule has 2 rings (SSSR count). The van der Waals surface area contributed by atoms with E-state index in [9.17, 15) is 4.79 Å². The molecule has 1 aliphatic rings. The minimum absolute atomic E-state index is 0.0535. The molecule has 0 saturated carbocycles. The van der Waals surface area contributed by atoms with Gasteiger partial charge >= 0.3 is 0 Å². The fraction of sp³-hybridized carbons (Fsp3) is 0.588. The number of nitrogens with zero attached hydrogens (tertiary/aromatic N) is 1. The number of methoxy groups -OCH3 is 2. The van der Waals surface area contributed by atoms with Gasteiger partial charge in [0.05, 0.1) is 34.0 Å². The third kappa shape index (κ3) is 5.28. The van der Waals surface area contributed by atoms with Crippen LogP contribution >= 0.6 is 0 Å². The lowest BCUT2D eigenvalue weighted by atomic mass is 10.2. The van der Waals surface area contributed by atoms with E-state index in [4.69, 9.17) is 18.9 Å². The summed E-state index contributed by atoms with van der Waals surface area (Å²) >= 11 is 0. The lowest BCUT2D eigenvalue weighted by Gasteiger charge is -2.27. The van der Waals surface area contributed by atoms with Crippen molar-refractivity contribution in [2.24, 2.45) is 0 Å². The van der Waals surface area contributed by atoms with Crippen molar-refractivity contribution >= 4 is 5.91 Å². The molecule has 0 radical (unpaired) electrons. The van der Waals surface area contributed by atoms with E-state index in [-0.39, 0.29) is 11.9 Å². The summed E-state index contributed by atoms with van der Waals surface area (Å²) in [6.45, 7) is 2.93. The maximum atomic E-state index is 12.2. The standard InChI is InChI=1S/C17H26N2O5/c1-19(17(20)16-12-23-8-5-18-16)6-4-7-24-15-10-13(21-2)9-14(11-15)22-3/h9-11,16,18H,4-8,12H2,1-3H3. The van der Waals surface area contributed by atoms with E-state index in [0.717, 1.165) is 6.42 Å². The average Bonchev–Trinajstić information content (AvgIpc) is 2.64. The number of carbonyl (C=O) groups is 1. The second-order valence-corrected chi connectivity index (χ2v) is 5.59. The molecule has 0 bridgehead atoms. The Morgan fingerprint density at radius 3 is 2.50 bits per heavy atom. The van der Waals surface area contributed by atoms with Crippen molar-refractivity contribution in [2.45, 2.75) is 12.5 Å². The van der Waals surface area contributed by atoms with Crippen molar-refractivity contribution in [3.05, 3.63) is 18.2 Å². The predicted molar refractivity (Wildman–Crippen MR) is 89.9 cm³/mol. The number of carbonyl (C=O) groups excluding carboxylic acids is 1. The van der Waals surface area contributed by atoms with Crippen LogP contribution in [0.5, 0.6) is 17.2 Å². The minimum Gasteiger partial charge on any atom is -0.496 e. The molecular formula is C17H26N2O5. The molecule has 1 atom stereocenters. The molecule has 1 fully saturated rings. The fourth-order valence-electron chi connectivity index (χ4n) is 2.46. The molecule has 0 aliphatic carbocycles. The van der Waals surface area contributed by atoms with E-state index in [1.807, 2.05) is 0 Å². The Morgan fingerprint density at radius 2 is 1.92 bits per heavy atom. The van der Waals surface area contributed by atoms with Gasteiger partial charge in [-0.25, -0.2) is 0 Å². The lowest BCUT2D eigenvalue weighted by Crippen LogP contribution is -2.51. The van der Waals surface area contributed by atoms with Crippen LogP contribution in [0.3, 0.4) is 0 Å². The molecule has 134 valence electrons. The number of benzene rings is 1. The van der Waals surface area contributed by atoms with Crippen LogP contribution in [0.25, 0.3) is 0 Å². The molecule has 0 aromatic heterocycles. The van der Waals surface area contributed by atoms with Crippen molar-refractivity contribution in [2.75, 3.05) is 54.2 Å². The third-order valence-electron chi connectivity index (χ3n) is 3.83. The average molecular weight is 338 g/mol. The predicted octanol–water partition coefficient (Wildman–Crippen LogP) is 0.920. The Balaban J connectivity index is 1.74. The van der Waals surface area contributed by atoms with Crippen molar-refractivity contribution in [3.8, 4) is 17.2 Å². The lowest BCUT2D eigenvalue weighted by molar-refractivity contribution is -0.135. The van der Waals surface area contributed by atoms with Gasteiger partial charge in [-0.05, 0) is 6.42 Å². The Hall–Kier alpha value is -1.99. The van der Waals surface area contributed by atoms with Gasteiger partial charge in [0.15, 0.2) is 0 Å². The zero-order valence-electron chi connectivity index (χ0n) is 14.5. The second kappa shape index (κ2) is 9.34. The normalized spacial score (nSPS) is 17.2. The molecule has 1 saturated heterocycles. The zero-order valence-corrected chi connectivity index (χ0v) is 14.5. The van der Waals surface area contributed by atoms with Crippen molar-refractivity contribution < 1.29 is 23.7 Å². The first-order valence-electron chi connectivity index (χ1n) is 8.06. The van der Waals surface area contributed by atoms with E-state index in [2.05, 4.69) is 5.32 Å². The number of nitrogens with one attached hydrogen (secondary N) is 1. The Labute approximate surface area is 142 Å². The highest BCUT2D eigenvalue weighted by Crippen LogP contribution is 2.27. The van der Waals surface area contributed by atoms with Crippen LogP contribution in [-0.4, -0.2) is 71.0 Å². The summed E-state index contributed by atoms with van der Waals surface area (Å²) in [6, 6.07) is 5.16. The van der Waals surface area contributed by atoms with Gasteiger partial charge in [-0.3, -0.25) is 4.79 Å². The van der Waals surface area contributed by atoms with Gasteiger partial charge in [0.25, 0.3) is 0 Å². The van der Waals surface area contributed by atoms with Crippen LogP contribution in [0.15, 0.2) is 18.2 Å². The van der Waals surface area contributed by atoms with Gasteiger partial charge in [-0.2, -0.15) is 0 Å². The quantitative estimate of drug-likeness (QED) is 0.711. The number of ether oxygens (including phenoxy) is 4. The van der Waals surface area contributed by atoms with Gasteiger partial charge < -0.3 is 29.2 Å². The number of hydrogen-bond donors (Lipinski definition) is 1. The topological polar surface area (TPSA) is 69.3 Å². The number of amides is 1. The van der Waals surface area contributed by atoms with Gasteiger partial charge in [0.1, 0.15) is 23.3 Å². The molecular weight excluding hydrogens is 312 g/mol. The summed E-state index contributed by atoms with van der Waals surface area (Å²) in [5.74, 6) is 2.10. The Bertz CT molecular complexity index is 509. The maximum Gasteiger partial charge on any atom is 0.241 e. The van der Waals surface area contributed by atoms with Crippen molar-refractivity contribution in [1.29, 1.82) is 0 Å². The summed E-state index contributed by atoms with van der Waals surface area (Å²) in [4.78, 5) is 13.9. The molecule has 7 nitrogen and oxygen atoms in total. The Morgan fingerprint density at radius 1 is 1.25 bits per heavy atom. The highest BCUT2D eigenvalue weighted by molar-refractivity contribution is 5.81. The SMILES string of the molecule is COc1cc(OC)cc(OCCCN(C)C(=O)C2COCCN2)c1. The summed E-state index contributed by atoms with van der Waals surface area (Å²) in [5, 5.41) is 3.17. The molecule has 1 heterocycles. The van der Waals surface area contributed by atoms with E-state index >= 15 is 0 Å². The first-order valence-corrected chi connectivity index (χ1v) is 8.06. The second-order valence-electron chi connectivity index (χ2n) is 5.59. The number of hydrogen-bond acceptors (Lipinski definition) is 6. The largest absolute Gasteiger partial charge is 0.496 e. The molecule has 1 N–H and O–H groups in total. The third-order valence-corrected chi connectivity index (χ3v) is 3.83. The van der Waals surface area contributed by atoms with Gasteiger partial charge in [0.2, 0.25) is 5.91 Å². The Kier molecular flexibility index (Phi) is 7.14. The summed E-state index contributed by atoms with van der Waals surface area (Å²) < 4.78 is 21.5. The van der Waals surface area contributed by atoms with E-state index in [1.165, 1.54) is 0 Å². The van der Waals surface area contributed by atoms with E-state index < -0.39 is 0 Å². The highest BCUT2D eigenvalue weighted by Gasteiger charge is 2.23. The van der Waals surface area contributed by atoms with Crippen LogP contribution in [0.1, 0.15) is 6.42 Å². The molecule has 1 aromatic rings. The van der Waals surface area contributed by atoms with E-state index in [1.54, 1.807) is 44.4 Å². The minimum atomic E-state index is -0.243. The van der Waals surface area contributed by atoms with Crippen molar-refractivity contribution in [3.63, 3.8) is 0 Å². The molecule has 1 aliphatic heterocycles. The van der Waals surface area contributed by atoms with Gasteiger partial charge in [0, 0.05) is 38.3 Å². The number of likely N-dealkylation sites (N-methyl/N-ethyl adjacent to an activating group) is 1. The number of morpholine rings is 1.